The molecule has 1 aromatic carbocycles. The zero-order chi connectivity index (χ0) is 12.1. The van der Waals surface area contributed by atoms with Gasteiger partial charge in [-0.05, 0) is 12.1 Å². The summed E-state index contributed by atoms with van der Waals surface area (Å²) >= 11 is 0. The molecule has 1 amide bonds. The van der Waals surface area contributed by atoms with Gasteiger partial charge in [0.1, 0.15) is 4.90 Å². The van der Waals surface area contributed by atoms with Gasteiger partial charge in [-0.3, -0.25) is 9.35 Å². The molecular weight excluding hydrogens is 258 g/mol. The Bertz CT molecular complexity index is 675. The third kappa shape index (κ3) is 1.32. The van der Waals surface area contributed by atoms with E-state index in [1.54, 1.807) is 0 Å². The van der Waals surface area contributed by atoms with Crippen LogP contribution >= 0.6 is 0 Å². The van der Waals surface area contributed by atoms with E-state index >= 15 is 0 Å². The van der Waals surface area contributed by atoms with Crippen LogP contribution < -0.4 is 0 Å². The van der Waals surface area contributed by atoms with Crippen LogP contribution in [-0.2, 0) is 20.3 Å². The topological polar surface area (TPSA) is 109 Å². The van der Waals surface area contributed by atoms with Crippen molar-refractivity contribution in [3.05, 3.63) is 29.8 Å². The second-order valence-corrected chi connectivity index (χ2v) is 6.23. The van der Waals surface area contributed by atoms with Crippen molar-refractivity contribution >= 4 is 26.2 Å². The quantitative estimate of drug-likeness (QED) is 0.692. The Kier molecular flexibility index (Phi) is 2.09. The van der Waals surface area contributed by atoms with Gasteiger partial charge in [0, 0.05) is 0 Å². The zero-order valence-electron chi connectivity index (χ0n) is 7.56. The molecule has 0 saturated carbocycles. The summed E-state index contributed by atoms with van der Waals surface area (Å²) in [6, 6.07) is 4.99. The van der Waals surface area contributed by atoms with Gasteiger partial charge in [0.15, 0.2) is 0 Å². The Morgan fingerprint density at radius 1 is 1.19 bits per heavy atom. The normalized spacial score (nSPS) is 18.6. The average molecular weight is 263 g/mol. The van der Waals surface area contributed by atoms with Crippen LogP contribution in [0.3, 0.4) is 0 Å². The highest BCUT2D eigenvalue weighted by Gasteiger charge is 2.47. The van der Waals surface area contributed by atoms with Crippen LogP contribution in [0.5, 0.6) is 0 Å². The van der Waals surface area contributed by atoms with Crippen LogP contribution in [0.15, 0.2) is 29.2 Å². The summed E-state index contributed by atoms with van der Waals surface area (Å²) in [6.45, 7) is 0. The zero-order valence-corrected chi connectivity index (χ0v) is 9.19. The van der Waals surface area contributed by atoms with Crippen molar-refractivity contribution in [1.29, 1.82) is 0 Å². The summed E-state index contributed by atoms with van der Waals surface area (Å²) in [4.78, 5) is 11.0. The molecule has 9 heteroatoms. The number of hydrogen-bond acceptors (Lipinski definition) is 5. The van der Waals surface area contributed by atoms with E-state index in [0.29, 0.717) is 0 Å². The molecule has 1 aromatic rings. The summed E-state index contributed by atoms with van der Waals surface area (Å²) < 4.78 is 53.0. The van der Waals surface area contributed by atoms with E-state index in [4.69, 9.17) is 4.55 Å². The van der Waals surface area contributed by atoms with Gasteiger partial charge in [0.05, 0.1) is 5.56 Å². The third-order valence-electron chi connectivity index (χ3n) is 1.99. The number of sulfonamides is 1. The second-order valence-electron chi connectivity index (χ2n) is 2.98. The molecule has 1 heterocycles. The lowest BCUT2D eigenvalue weighted by Gasteiger charge is -2.09. The Labute approximate surface area is 91.2 Å². The fourth-order valence-electron chi connectivity index (χ4n) is 1.39. The van der Waals surface area contributed by atoms with E-state index in [-0.39, 0.29) is 5.56 Å². The van der Waals surface area contributed by atoms with Crippen LogP contribution in [0.25, 0.3) is 0 Å². The molecule has 1 aliphatic rings. The van der Waals surface area contributed by atoms with Gasteiger partial charge in [-0.15, -0.1) is 0 Å². The Morgan fingerprint density at radius 2 is 1.75 bits per heavy atom. The van der Waals surface area contributed by atoms with Crippen molar-refractivity contribution in [2.45, 2.75) is 4.90 Å². The molecule has 0 radical (unpaired) electrons. The highest BCUT2D eigenvalue weighted by Crippen LogP contribution is 2.31. The number of carbonyl (C=O) groups is 1. The summed E-state index contributed by atoms with van der Waals surface area (Å²) in [5.74, 6) is -1.28. The smallest absolute Gasteiger partial charge is 0.268 e. The minimum Gasteiger partial charge on any atom is -0.268 e. The molecule has 1 aliphatic heterocycles. The Balaban J connectivity index is 2.83. The van der Waals surface area contributed by atoms with Crippen LogP contribution in [-0.4, -0.2) is 31.0 Å². The molecule has 1 N–H and O–H groups in total. The fraction of sp³-hybridized carbons (Fsp3) is 0. The lowest BCUT2D eigenvalue weighted by atomic mass is 10.2. The van der Waals surface area contributed by atoms with Gasteiger partial charge in [0.2, 0.25) is 0 Å². The maximum absolute atomic E-state index is 11.6. The molecule has 0 bridgehead atoms. The van der Waals surface area contributed by atoms with Crippen LogP contribution in [0.2, 0.25) is 0 Å². The maximum atomic E-state index is 11.6. The largest absolute Gasteiger partial charge is 0.376 e. The molecule has 2 rings (SSSR count). The van der Waals surface area contributed by atoms with E-state index < -0.39 is 34.8 Å². The molecule has 0 fully saturated rings. The molecule has 0 aliphatic carbocycles. The summed E-state index contributed by atoms with van der Waals surface area (Å²) in [6.07, 6.45) is 0. The first-order valence-corrected chi connectivity index (χ1v) is 6.76. The SMILES string of the molecule is O=C1c2ccccc2S(=O)(=O)N1S(=O)(=O)O. The van der Waals surface area contributed by atoms with Gasteiger partial charge >= 0.3 is 10.3 Å². The predicted octanol–water partition coefficient (Wildman–Crippen LogP) is -0.366. The van der Waals surface area contributed by atoms with Crippen molar-refractivity contribution < 1.29 is 26.2 Å². The number of benzene rings is 1. The van der Waals surface area contributed by atoms with Crippen molar-refractivity contribution in [1.82, 2.24) is 3.71 Å². The van der Waals surface area contributed by atoms with E-state index in [0.717, 1.165) is 6.07 Å². The Morgan fingerprint density at radius 3 is 2.25 bits per heavy atom. The highest BCUT2D eigenvalue weighted by atomic mass is 32.3. The van der Waals surface area contributed by atoms with Gasteiger partial charge in [-0.2, -0.15) is 16.8 Å². The van der Waals surface area contributed by atoms with E-state index in [1.165, 1.54) is 18.2 Å². The monoisotopic (exact) mass is 263 g/mol. The summed E-state index contributed by atoms with van der Waals surface area (Å²) in [5, 5.41) is 0. The first-order chi connectivity index (χ1) is 7.26. The number of fused-ring (bicyclic) bond motifs is 1. The van der Waals surface area contributed by atoms with E-state index in [1.807, 2.05) is 0 Å². The molecule has 0 saturated heterocycles. The van der Waals surface area contributed by atoms with Crippen molar-refractivity contribution in [3.63, 3.8) is 0 Å². The molecule has 0 aromatic heterocycles. The molecule has 0 spiro atoms. The predicted molar refractivity (Wildman–Crippen MR) is 51.3 cm³/mol. The first kappa shape index (κ1) is 11.0. The van der Waals surface area contributed by atoms with E-state index in [9.17, 15) is 21.6 Å². The number of carbonyl (C=O) groups excluding carboxylic acids is 1. The number of nitrogens with zero attached hydrogens (tertiary/aromatic N) is 1. The average Bonchev–Trinajstić information content (AvgIpc) is 2.34. The molecular formula is C7H5NO6S2. The van der Waals surface area contributed by atoms with Crippen molar-refractivity contribution in [2.24, 2.45) is 0 Å². The van der Waals surface area contributed by atoms with Gasteiger partial charge < -0.3 is 0 Å². The molecule has 16 heavy (non-hydrogen) atoms. The molecule has 0 unspecified atom stereocenters. The molecule has 86 valence electrons. The second kappa shape index (κ2) is 3.03. The van der Waals surface area contributed by atoms with Gasteiger partial charge in [-0.25, -0.2) is 0 Å². The molecule has 0 atom stereocenters. The minimum absolute atomic E-state index is 0.278. The van der Waals surface area contributed by atoms with Crippen molar-refractivity contribution in [2.75, 3.05) is 0 Å². The lowest BCUT2D eigenvalue weighted by molar-refractivity contribution is 0.0923. The standard InChI is InChI=1S/C7H5NO6S2/c9-7-5-3-1-2-4-6(5)15(10,11)8(7)16(12,13)14/h1-4H,(H,12,13,14). The van der Waals surface area contributed by atoms with Crippen LogP contribution in [0.1, 0.15) is 10.4 Å². The Hall–Kier alpha value is -1.45. The number of amides is 1. The van der Waals surface area contributed by atoms with Gasteiger partial charge in [0.25, 0.3) is 15.9 Å². The third-order valence-corrected chi connectivity index (χ3v) is 5.24. The number of hydrogen-bond donors (Lipinski definition) is 1. The maximum Gasteiger partial charge on any atom is 0.376 e. The van der Waals surface area contributed by atoms with Crippen LogP contribution in [0.4, 0.5) is 0 Å². The lowest BCUT2D eigenvalue weighted by Crippen LogP contribution is -2.35. The molecule has 7 nitrogen and oxygen atoms in total. The van der Waals surface area contributed by atoms with E-state index in [2.05, 4.69) is 0 Å². The van der Waals surface area contributed by atoms with Gasteiger partial charge in [-0.1, -0.05) is 15.8 Å². The fourth-order valence-corrected chi connectivity index (χ4v) is 4.11. The number of rotatable bonds is 1. The van der Waals surface area contributed by atoms with Crippen LogP contribution in [0, 0.1) is 0 Å². The summed E-state index contributed by atoms with van der Waals surface area (Å²) in [5.41, 5.74) is -0.278. The summed E-state index contributed by atoms with van der Waals surface area (Å²) in [7, 11) is -9.64. The minimum atomic E-state index is -5.13. The van der Waals surface area contributed by atoms with Crippen molar-refractivity contribution in [3.8, 4) is 0 Å². The highest BCUT2D eigenvalue weighted by molar-refractivity contribution is 8.03. The first-order valence-electron chi connectivity index (χ1n) is 3.92.